The molecule has 230 valence electrons. The van der Waals surface area contributed by atoms with Crippen molar-refractivity contribution in [3.8, 4) is 0 Å². The number of aromatic nitrogens is 2. The number of aliphatic carboxylic acids is 1. The van der Waals surface area contributed by atoms with Gasteiger partial charge < -0.3 is 14.7 Å². The molecule has 1 N–H and O–H groups in total. The summed E-state index contributed by atoms with van der Waals surface area (Å²) in [7, 11) is 1.60. The van der Waals surface area contributed by atoms with E-state index in [9.17, 15) is 32.7 Å². The molecule has 2 fully saturated rings. The van der Waals surface area contributed by atoms with E-state index in [2.05, 4.69) is 0 Å². The average Bonchev–Trinajstić information content (AvgIpc) is 3.67. The number of carbonyl (C=O) groups excluding carboxylic acids is 2. The molecule has 12 heteroatoms. The Bertz CT molecular complexity index is 1520. The van der Waals surface area contributed by atoms with Gasteiger partial charge in [0, 0.05) is 38.1 Å². The molecule has 2 aromatic rings. The molecule has 43 heavy (non-hydrogen) atoms. The molecule has 6 rings (SSSR count). The number of fused-ring (bicyclic) bond motifs is 1. The van der Waals surface area contributed by atoms with Crippen LogP contribution in [-0.4, -0.2) is 70.1 Å². The quantitative estimate of drug-likeness (QED) is 0.471. The standard InChI is InChI=1S/C31H33ClF3N3O5/c1-16-12-17(6-8-20(16)29(41)42)26-21-9-7-18(27(39)37-14-19(15-37)43-2)13-24(21)38(36-26)28(40)25-22(4-3-5-23(25)32)30(10-11-30)31(33,34)35/h3-5,12,16,18-20H,6-11,13-15H2,1-2H3,(H,41,42)/t16-,18?,20?/m0/s1. The maximum absolute atomic E-state index is 14.3. The lowest BCUT2D eigenvalue weighted by atomic mass is 9.78. The van der Waals surface area contributed by atoms with Crippen molar-refractivity contribution in [2.45, 2.75) is 69.6 Å². The molecule has 1 saturated heterocycles. The second kappa shape index (κ2) is 10.8. The zero-order valence-corrected chi connectivity index (χ0v) is 24.7. The largest absolute Gasteiger partial charge is 0.481 e. The Morgan fingerprint density at radius 2 is 1.86 bits per heavy atom. The van der Waals surface area contributed by atoms with Crippen molar-refractivity contribution in [3.63, 3.8) is 0 Å². The van der Waals surface area contributed by atoms with E-state index < -0.39 is 35.3 Å². The van der Waals surface area contributed by atoms with Crippen LogP contribution in [0.15, 0.2) is 24.3 Å². The van der Waals surface area contributed by atoms with Gasteiger partial charge in [0.2, 0.25) is 5.91 Å². The fourth-order valence-corrected chi connectivity index (χ4v) is 7.24. The molecule has 3 aliphatic carbocycles. The first-order valence-corrected chi connectivity index (χ1v) is 15.0. The molecule has 1 saturated carbocycles. The lowest BCUT2D eigenvalue weighted by molar-refractivity contribution is -0.160. The van der Waals surface area contributed by atoms with Crippen LogP contribution in [-0.2, 0) is 32.6 Å². The van der Waals surface area contributed by atoms with Gasteiger partial charge in [0.15, 0.2) is 0 Å². The third-order valence-corrected chi connectivity index (χ3v) is 10.1. The molecule has 3 atom stereocenters. The second-order valence-corrected chi connectivity index (χ2v) is 12.7. The Balaban J connectivity index is 1.42. The number of benzene rings is 1. The van der Waals surface area contributed by atoms with Crippen molar-refractivity contribution in [2.24, 2.45) is 17.8 Å². The molecular weight excluding hydrogens is 587 g/mol. The van der Waals surface area contributed by atoms with Gasteiger partial charge in [-0.2, -0.15) is 23.0 Å². The van der Waals surface area contributed by atoms with Crippen LogP contribution >= 0.6 is 11.6 Å². The number of methoxy groups -OCH3 is 1. The zero-order valence-electron chi connectivity index (χ0n) is 23.9. The van der Waals surface area contributed by atoms with Crippen LogP contribution < -0.4 is 0 Å². The first-order chi connectivity index (χ1) is 20.4. The predicted octanol–water partition coefficient (Wildman–Crippen LogP) is 5.30. The second-order valence-electron chi connectivity index (χ2n) is 12.3. The van der Waals surface area contributed by atoms with E-state index in [0.717, 1.165) is 15.8 Å². The molecule has 1 aliphatic heterocycles. The monoisotopic (exact) mass is 619 g/mol. The van der Waals surface area contributed by atoms with Gasteiger partial charge in [-0.15, -0.1) is 0 Å². The SMILES string of the molecule is COC1CN(C(=O)C2CCc3c(C4=C[C@H](C)C(C(=O)O)CC4)nn(C(=O)c4c(Cl)cccc4C4(C(F)(F)F)CC4)c3C2)C1. The van der Waals surface area contributed by atoms with Crippen molar-refractivity contribution in [3.05, 3.63) is 57.4 Å². The van der Waals surface area contributed by atoms with E-state index in [1.807, 2.05) is 13.0 Å². The van der Waals surface area contributed by atoms with Crippen LogP contribution in [0.3, 0.4) is 0 Å². The molecule has 4 aliphatic rings. The number of carboxylic acid groups (broad SMARTS) is 1. The van der Waals surface area contributed by atoms with Crippen LogP contribution in [0.5, 0.6) is 0 Å². The van der Waals surface area contributed by atoms with Crippen LogP contribution in [0.25, 0.3) is 5.57 Å². The Morgan fingerprint density at radius 3 is 2.47 bits per heavy atom. The highest BCUT2D eigenvalue weighted by molar-refractivity contribution is 6.34. The van der Waals surface area contributed by atoms with Gasteiger partial charge >= 0.3 is 12.1 Å². The number of likely N-dealkylation sites (tertiary alicyclic amines) is 1. The number of carbonyl (C=O) groups is 3. The van der Waals surface area contributed by atoms with E-state index in [0.29, 0.717) is 50.2 Å². The summed E-state index contributed by atoms with van der Waals surface area (Å²) in [5.41, 5.74) is 0.0775. The van der Waals surface area contributed by atoms with Gasteiger partial charge in [0.25, 0.3) is 5.91 Å². The maximum atomic E-state index is 14.3. The fourth-order valence-electron chi connectivity index (χ4n) is 6.99. The van der Waals surface area contributed by atoms with Gasteiger partial charge in [-0.1, -0.05) is 36.7 Å². The number of allylic oxidation sites excluding steroid dienone is 2. The van der Waals surface area contributed by atoms with Crippen LogP contribution in [0.2, 0.25) is 5.02 Å². The van der Waals surface area contributed by atoms with E-state index in [4.69, 9.17) is 21.4 Å². The molecular formula is C31H33ClF3N3O5. The highest BCUT2D eigenvalue weighted by Gasteiger charge is 2.65. The average molecular weight is 620 g/mol. The zero-order chi connectivity index (χ0) is 30.8. The highest BCUT2D eigenvalue weighted by Crippen LogP contribution is 2.60. The molecule has 0 bridgehead atoms. The lowest BCUT2D eigenvalue weighted by Gasteiger charge is -2.40. The number of rotatable bonds is 6. The van der Waals surface area contributed by atoms with Crippen molar-refractivity contribution in [1.29, 1.82) is 0 Å². The summed E-state index contributed by atoms with van der Waals surface area (Å²) in [6.45, 7) is 2.80. The molecule has 2 unspecified atom stereocenters. The smallest absolute Gasteiger partial charge is 0.398 e. The van der Waals surface area contributed by atoms with Gasteiger partial charge in [-0.05, 0) is 61.6 Å². The summed E-state index contributed by atoms with van der Waals surface area (Å²) >= 11 is 6.47. The minimum Gasteiger partial charge on any atom is -0.481 e. The Morgan fingerprint density at radius 1 is 1.14 bits per heavy atom. The van der Waals surface area contributed by atoms with E-state index in [1.165, 1.54) is 18.2 Å². The maximum Gasteiger partial charge on any atom is 0.398 e. The number of carboxylic acids is 1. The molecule has 1 aromatic carbocycles. The molecule has 1 aromatic heterocycles. The molecule has 1 amide bonds. The van der Waals surface area contributed by atoms with Crippen LogP contribution in [0, 0.1) is 17.8 Å². The Kier molecular flexibility index (Phi) is 7.48. The summed E-state index contributed by atoms with van der Waals surface area (Å²) < 4.78 is 49.2. The fraction of sp³-hybridized carbons (Fsp3) is 0.548. The molecule has 0 radical (unpaired) electrons. The summed E-state index contributed by atoms with van der Waals surface area (Å²) in [5, 5.41) is 14.2. The van der Waals surface area contributed by atoms with Gasteiger partial charge in [-0.3, -0.25) is 14.4 Å². The first kappa shape index (κ1) is 29.9. The number of alkyl halides is 3. The van der Waals surface area contributed by atoms with Gasteiger partial charge in [0.1, 0.15) is 0 Å². The minimum atomic E-state index is -4.56. The Hall–Kier alpha value is -3.18. The number of amides is 1. The molecule has 8 nitrogen and oxygen atoms in total. The van der Waals surface area contributed by atoms with Gasteiger partial charge in [-0.25, -0.2) is 0 Å². The van der Waals surface area contributed by atoms with Crippen molar-refractivity contribution < 1.29 is 37.4 Å². The Labute approximate surface area is 251 Å². The topological polar surface area (TPSA) is 102 Å². The highest BCUT2D eigenvalue weighted by atomic mass is 35.5. The number of ether oxygens (including phenoxy) is 1. The lowest BCUT2D eigenvalue weighted by Crippen LogP contribution is -2.56. The number of hydrogen-bond donors (Lipinski definition) is 1. The summed E-state index contributed by atoms with van der Waals surface area (Å²) in [4.78, 5) is 41.0. The van der Waals surface area contributed by atoms with E-state index >= 15 is 0 Å². The number of hydrogen-bond acceptors (Lipinski definition) is 5. The van der Waals surface area contributed by atoms with E-state index in [-0.39, 0.29) is 53.3 Å². The normalized spacial score (nSPS) is 25.0. The number of nitrogens with zero attached hydrogens (tertiary/aromatic N) is 3. The predicted molar refractivity (Wildman–Crippen MR) is 151 cm³/mol. The summed E-state index contributed by atoms with van der Waals surface area (Å²) in [5.74, 6) is -2.93. The third-order valence-electron chi connectivity index (χ3n) is 9.79. The van der Waals surface area contributed by atoms with E-state index in [1.54, 1.807) is 12.0 Å². The van der Waals surface area contributed by atoms with Crippen molar-refractivity contribution in [1.82, 2.24) is 14.7 Å². The summed E-state index contributed by atoms with van der Waals surface area (Å²) in [6, 6.07) is 4.14. The minimum absolute atomic E-state index is 0.0151. The van der Waals surface area contributed by atoms with Crippen LogP contribution in [0.1, 0.15) is 71.9 Å². The van der Waals surface area contributed by atoms with Gasteiger partial charge in [0.05, 0.1) is 39.4 Å². The van der Waals surface area contributed by atoms with Crippen molar-refractivity contribution in [2.75, 3.05) is 20.2 Å². The van der Waals surface area contributed by atoms with Crippen molar-refractivity contribution >= 4 is 35.0 Å². The molecule has 0 spiro atoms. The molecule has 2 heterocycles. The summed E-state index contributed by atoms with van der Waals surface area (Å²) in [6.07, 6.45) is -0.961. The number of halogens is 4. The third kappa shape index (κ3) is 4.98. The first-order valence-electron chi connectivity index (χ1n) is 14.6. The van der Waals surface area contributed by atoms with Crippen LogP contribution in [0.4, 0.5) is 13.2 Å².